The Morgan fingerprint density at radius 3 is 2.52 bits per heavy atom. The molecule has 2 aromatic rings. The summed E-state index contributed by atoms with van der Waals surface area (Å²) < 4.78 is 0.906. The molecule has 1 aromatic heterocycles. The van der Waals surface area contributed by atoms with Crippen LogP contribution in [0.3, 0.4) is 0 Å². The van der Waals surface area contributed by atoms with Crippen LogP contribution in [0.25, 0.3) is 0 Å². The molecule has 0 bridgehead atoms. The molecule has 1 saturated heterocycles. The Morgan fingerprint density at radius 1 is 1.21 bits per heavy atom. The van der Waals surface area contributed by atoms with E-state index >= 15 is 0 Å². The van der Waals surface area contributed by atoms with E-state index in [1.165, 1.54) is 11.3 Å². The Hall–Kier alpha value is -2.26. The molecule has 2 N–H and O–H groups in total. The highest BCUT2D eigenvalue weighted by Crippen LogP contribution is 2.21. The fraction of sp³-hybridized carbons (Fsp3) is 0.400. The first-order chi connectivity index (χ1) is 13.9. The number of aryl methyl sites for hydroxylation is 1. The van der Waals surface area contributed by atoms with Gasteiger partial charge in [-0.1, -0.05) is 15.9 Å². The third kappa shape index (κ3) is 6.11. The summed E-state index contributed by atoms with van der Waals surface area (Å²) in [7, 11) is 0. The Labute approximate surface area is 182 Å². The molecule has 0 saturated carbocycles. The van der Waals surface area contributed by atoms with E-state index in [0.717, 1.165) is 10.2 Å². The highest BCUT2D eigenvalue weighted by molar-refractivity contribution is 9.10. The number of anilines is 1. The van der Waals surface area contributed by atoms with Crippen molar-refractivity contribution in [2.24, 2.45) is 5.92 Å². The van der Waals surface area contributed by atoms with Gasteiger partial charge in [-0.3, -0.25) is 14.4 Å². The highest BCUT2D eigenvalue weighted by Gasteiger charge is 2.27. The average Bonchev–Trinajstić information content (AvgIpc) is 3.13. The minimum atomic E-state index is -0.196. The van der Waals surface area contributed by atoms with E-state index in [0.29, 0.717) is 36.6 Å². The largest absolute Gasteiger partial charge is 0.352 e. The number of thiazole rings is 1. The summed E-state index contributed by atoms with van der Waals surface area (Å²) in [5, 5.41) is 8.14. The second-order valence-electron chi connectivity index (χ2n) is 6.95. The molecule has 0 aliphatic carbocycles. The maximum Gasteiger partial charge on any atom is 0.251 e. The van der Waals surface area contributed by atoms with Crippen molar-refractivity contribution in [1.29, 1.82) is 0 Å². The Kier molecular flexibility index (Phi) is 7.38. The van der Waals surface area contributed by atoms with E-state index in [2.05, 4.69) is 31.5 Å². The van der Waals surface area contributed by atoms with Gasteiger partial charge < -0.3 is 15.5 Å². The van der Waals surface area contributed by atoms with E-state index in [9.17, 15) is 14.4 Å². The SMILES string of the molecule is Cc1csc(NC(=O)C2CCN(C(=O)CCNC(=O)c3ccc(Br)cc3)CC2)n1. The van der Waals surface area contributed by atoms with Gasteiger partial charge in [0.15, 0.2) is 5.13 Å². The zero-order valence-electron chi connectivity index (χ0n) is 16.1. The smallest absolute Gasteiger partial charge is 0.251 e. The lowest BCUT2D eigenvalue weighted by Crippen LogP contribution is -2.42. The predicted molar refractivity (Wildman–Crippen MR) is 116 cm³/mol. The van der Waals surface area contributed by atoms with Gasteiger partial charge in [-0.25, -0.2) is 4.98 Å². The number of halogens is 1. The predicted octanol–water partition coefficient (Wildman–Crippen LogP) is 3.21. The van der Waals surface area contributed by atoms with Gasteiger partial charge in [-0.15, -0.1) is 11.3 Å². The molecule has 154 valence electrons. The van der Waals surface area contributed by atoms with Crippen molar-refractivity contribution >= 4 is 50.1 Å². The van der Waals surface area contributed by atoms with Crippen LogP contribution in [0.4, 0.5) is 5.13 Å². The van der Waals surface area contributed by atoms with Gasteiger partial charge in [0.05, 0.1) is 5.69 Å². The third-order valence-electron chi connectivity index (χ3n) is 4.80. The second kappa shape index (κ2) is 9.98. The van der Waals surface area contributed by atoms with E-state index in [1.54, 1.807) is 29.2 Å². The van der Waals surface area contributed by atoms with Crippen molar-refractivity contribution in [3.63, 3.8) is 0 Å². The summed E-state index contributed by atoms with van der Waals surface area (Å²) in [5.74, 6) is -0.345. The van der Waals surface area contributed by atoms with Crippen molar-refractivity contribution in [3.05, 3.63) is 45.4 Å². The zero-order valence-corrected chi connectivity index (χ0v) is 18.5. The number of amides is 3. The molecule has 1 fully saturated rings. The number of piperidine rings is 1. The lowest BCUT2D eigenvalue weighted by molar-refractivity contribution is -0.134. The van der Waals surface area contributed by atoms with Crippen LogP contribution in [0.5, 0.6) is 0 Å². The van der Waals surface area contributed by atoms with Gasteiger partial charge in [0.1, 0.15) is 0 Å². The summed E-state index contributed by atoms with van der Waals surface area (Å²) in [6.45, 7) is 3.28. The maximum atomic E-state index is 12.4. The molecule has 0 atom stereocenters. The molecule has 1 aromatic carbocycles. The molecule has 9 heteroatoms. The van der Waals surface area contributed by atoms with Crippen LogP contribution in [-0.4, -0.2) is 47.2 Å². The Morgan fingerprint density at radius 2 is 1.90 bits per heavy atom. The van der Waals surface area contributed by atoms with Gasteiger partial charge in [-0.05, 0) is 44.0 Å². The summed E-state index contributed by atoms with van der Waals surface area (Å²) in [6.07, 6.45) is 1.51. The topological polar surface area (TPSA) is 91.4 Å². The van der Waals surface area contributed by atoms with E-state index < -0.39 is 0 Å². The summed E-state index contributed by atoms with van der Waals surface area (Å²) in [6, 6.07) is 7.06. The molecule has 1 aliphatic rings. The Bertz CT molecular complexity index is 876. The van der Waals surface area contributed by atoms with Gasteiger partial charge in [0.2, 0.25) is 11.8 Å². The van der Waals surface area contributed by atoms with Crippen molar-refractivity contribution in [1.82, 2.24) is 15.2 Å². The number of carbonyl (C=O) groups excluding carboxylic acids is 3. The van der Waals surface area contributed by atoms with E-state index in [4.69, 9.17) is 0 Å². The highest BCUT2D eigenvalue weighted by atomic mass is 79.9. The van der Waals surface area contributed by atoms with Crippen molar-refractivity contribution in [3.8, 4) is 0 Å². The van der Waals surface area contributed by atoms with Gasteiger partial charge >= 0.3 is 0 Å². The molecule has 29 heavy (non-hydrogen) atoms. The quantitative estimate of drug-likeness (QED) is 0.666. The maximum absolute atomic E-state index is 12.4. The monoisotopic (exact) mass is 478 g/mol. The van der Waals surface area contributed by atoms with Gasteiger partial charge in [0, 0.05) is 47.4 Å². The van der Waals surface area contributed by atoms with Crippen molar-refractivity contribution in [2.45, 2.75) is 26.2 Å². The first-order valence-electron chi connectivity index (χ1n) is 9.47. The third-order valence-corrected chi connectivity index (χ3v) is 6.20. The van der Waals surface area contributed by atoms with Crippen LogP contribution in [0.2, 0.25) is 0 Å². The normalized spacial score (nSPS) is 14.5. The van der Waals surface area contributed by atoms with Crippen LogP contribution < -0.4 is 10.6 Å². The average molecular weight is 479 g/mol. The second-order valence-corrected chi connectivity index (χ2v) is 8.72. The molecule has 2 heterocycles. The van der Waals surface area contributed by atoms with Crippen LogP contribution in [-0.2, 0) is 9.59 Å². The first kappa shape index (κ1) is 21.4. The number of benzene rings is 1. The molecule has 0 unspecified atom stereocenters. The molecule has 3 rings (SSSR count). The lowest BCUT2D eigenvalue weighted by Gasteiger charge is -2.31. The number of rotatable bonds is 6. The number of nitrogens with one attached hydrogen (secondary N) is 2. The Balaban J connectivity index is 1.37. The molecule has 1 aliphatic heterocycles. The number of nitrogens with zero attached hydrogens (tertiary/aromatic N) is 2. The lowest BCUT2D eigenvalue weighted by atomic mass is 9.96. The molecular formula is C20H23BrN4O3S. The standard InChI is InChI=1S/C20H23BrN4O3S/c1-13-12-29-20(23-13)24-19(28)15-7-10-25(11-8-15)17(26)6-9-22-18(27)14-2-4-16(21)5-3-14/h2-5,12,15H,6-11H2,1H3,(H,22,27)(H,23,24,28). The molecule has 7 nitrogen and oxygen atoms in total. The van der Waals surface area contributed by atoms with Crippen LogP contribution in [0, 0.1) is 12.8 Å². The van der Waals surface area contributed by atoms with Gasteiger partial charge in [-0.2, -0.15) is 0 Å². The minimum absolute atomic E-state index is 0.00416. The molecule has 3 amide bonds. The number of hydrogen-bond donors (Lipinski definition) is 2. The van der Waals surface area contributed by atoms with Crippen molar-refractivity contribution in [2.75, 3.05) is 25.0 Å². The van der Waals surface area contributed by atoms with Crippen LogP contribution in [0.15, 0.2) is 34.1 Å². The van der Waals surface area contributed by atoms with E-state index in [-0.39, 0.29) is 36.6 Å². The van der Waals surface area contributed by atoms with Gasteiger partial charge in [0.25, 0.3) is 5.91 Å². The number of aromatic nitrogens is 1. The first-order valence-corrected chi connectivity index (χ1v) is 11.1. The van der Waals surface area contributed by atoms with E-state index in [1.807, 2.05) is 12.3 Å². The minimum Gasteiger partial charge on any atom is -0.352 e. The fourth-order valence-electron chi connectivity index (χ4n) is 3.15. The molecule has 0 spiro atoms. The van der Waals surface area contributed by atoms with Crippen LogP contribution in [0.1, 0.15) is 35.3 Å². The van der Waals surface area contributed by atoms with Crippen LogP contribution >= 0.6 is 27.3 Å². The number of hydrogen-bond acceptors (Lipinski definition) is 5. The summed E-state index contributed by atoms with van der Waals surface area (Å²) >= 11 is 4.74. The molecular weight excluding hydrogens is 456 g/mol. The number of carbonyl (C=O) groups is 3. The summed E-state index contributed by atoms with van der Waals surface area (Å²) in [4.78, 5) is 42.8. The summed E-state index contributed by atoms with van der Waals surface area (Å²) in [5.41, 5.74) is 1.45. The van der Waals surface area contributed by atoms with Crippen molar-refractivity contribution < 1.29 is 14.4 Å². The molecule has 0 radical (unpaired) electrons. The number of likely N-dealkylation sites (tertiary alicyclic amines) is 1. The zero-order chi connectivity index (χ0) is 20.8. The fourth-order valence-corrected chi connectivity index (χ4v) is 4.11.